The molecule has 4 unspecified atom stereocenters. The maximum Gasteiger partial charge on any atom is 0.0942 e. The van der Waals surface area contributed by atoms with Gasteiger partial charge in [-0.05, 0) is 44.6 Å². The minimum absolute atomic E-state index is 0.239. The fourth-order valence-corrected chi connectivity index (χ4v) is 3.69. The molecule has 2 fully saturated rings. The second kappa shape index (κ2) is 4.67. The van der Waals surface area contributed by atoms with Gasteiger partial charge in [-0.1, -0.05) is 29.8 Å². The molecule has 98 valence electrons. The molecule has 1 N–H and O–H groups in total. The number of hydrogen-bond acceptors (Lipinski definition) is 2. The van der Waals surface area contributed by atoms with Crippen LogP contribution in [0.1, 0.15) is 43.4 Å². The molecule has 4 atom stereocenters. The van der Waals surface area contributed by atoms with E-state index in [1.807, 2.05) is 0 Å². The molecule has 0 amide bonds. The van der Waals surface area contributed by atoms with E-state index in [2.05, 4.69) is 43.0 Å². The summed E-state index contributed by atoms with van der Waals surface area (Å²) in [6, 6.07) is 9.26. The highest BCUT2D eigenvalue weighted by Crippen LogP contribution is 2.40. The van der Waals surface area contributed by atoms with E-state index in [9.17, 15) is 5.11 Å². The largest absolute Gasteiger partial charge is 0.387 e. The Bertz CT molecular complexity index is 414. The van der Waals surface area contributed by atoms with Crippen LogP contribution >= 0.6 is 0 Å². The van der Waals surface area contributed by atoms with E-state index in [0.29, 0.717) is 0 Å². The van der Waals surface area contributed by atoms with Gasteiger partial charge in [-0.25, -0.2) is 0 Å². The minimum atomic E-state index is -0.357. The number of aliphatic hydroxyl groups excluding tert-OH is 1. The number of piperidine rings is 1. The van der Waals surface area contributed by atoms with Gasteiger partial charge in [-0.2, -0.15) is 0 Å². The van der Waals surface area contributed by atoms with Gasteiger partial charge in [0.2, 0.25) is 0 Å². The summed E-state index contributed by atoms with van der Waals surface area (Å²) in [5, 5.41) is 10.5. The van der Waals surface area contributed by atoms with Gasteiger partial charge >= 0.3 is 0 Å². The number of aliphatic hydroxyl groups is 1. The van der Waals surface area contributed by atoms with Crippen molar-refractivity contribution in [3.63, 3.8) is 0 Å². The first-order chi connectivity index (χ1) is 8.65. The van der Waals surface area contributed by atoms with Crippen molar-refractivity contribution in [2.75, 3.05) is 6.54 Å². The lowest BCUT2D eigenvalue weighted by atomic mass is 9.99. The van der Waals surface area contributed by atoms with Crippen molar-refractivity contribution in [3.05, 3.63) is 35.4 Å². The zero-order chi connectivity index (χ0) is 12.7. The van der Waals surface area contributed by atoms with Gasteiger partial charge in [0, 0.05) is 18.6 Å². The smallest absolute Gasteiger partial charge is 0.0942 e. The first kappa shape index (κ1) is 12.2. The van der Waals surface area contributed by atoms with Gasteiger partial charge < -0.3 is 5.11 Å². The molecule has 2 aliphatic rings. The molecule has 1 aromatic rings. The van der Waals surface area contributed by atoms with Crippen molar-refractivity contribution >= 4 is 0 Å². The molecule has 0 spiro atoms. The highest BCUT2D eigenvalue weighted by molar-refractivity contribution is 5.24. The monoisotopic (exact) mass is 245 g/mol. The van der Waals surface area contributed by atoms with Crippen LogP contribution in [0.25, 0.3) is 0 Å². The molecule has 2 bridgehead atoms. The van der Waals surface area contributed by atoms with Crippen LogP contribution in [-0.4, -0.2) is 28.6 Å². The molecule has 18 heavy (non-hydrogen) atoms. The maximum absolute atomic E-state index is 10.5. The zero-order valence-electron chi connectivity index (χ0n) is 11.3. The summed E-state index contributed by atoms with van der Waals surface area (Å²) in [5.41, 5.74) is 2.30. The van der Waals surface area contributed by atoms with Crippen molar-refractivity contribution in [3.8, 4) is 0 Å². The van der Waals surface area contributed by atoms with Crippen LogP contribution in [-0.2, 0) is 0 Å². The summed E-state index contributed by atoms with van der Waals surface area (Å²) in [6.07, 6.45) is 3.72. The summed E-state index contributed by atoms with van der Waals surface area (Å²) >= 11 is 0. The number of nitrogens with zero attached hydrogens (tertiary/aromatic N) is 1. The number of hydrogen-bond donors (Lipinski definition) is 1. The minimum Gasteiger partial charge on any atom is -0.387 e. The third-order valence-corrected chi connectivity index (χ3v) is 4.85. The standard InChI is InChI=1S/C16H23NO/c1-11-3-6-14(7-4-11)16(18)12(2)17-10-13-5-8-15(17)9-13/h3-4,6-7,12-13,15-16,18H,5,8-10H2,1-2H3. The summed E-state index contributed by atoms with van der Waals surface area (Å²) in [7, 11) is 0. The van der Waals surface area contributed by atoms with Crippen molar-refractivity contribution in [2.45, 2.75) is 51.3 Å². The van der Waals surface area contributed by atoms with Crippen molar-refractivity contribution in [1.82, 2.24) is 4.90 Å². The molecule has 1 saturated carbocycles. The van der Waals surface area contributed by atoms with E-state index in [1.54, 1.807) is 0 Å². The van der Waals surface area contributed by atoms with Crippen LogP contribution in [0.15, 0.2) is 24.3 Å². The summed E-state index contributed by atoms with van der Waals surface area (Å²) in [6.45, 7) is 5.44. The van der Waals surface area contributed by atoms with Gasteiger partial charge in [0.1, 0.15) is 0 Å². The Hall–Kier alpha value is -0.860. The van der Waals surface area contributed by atoms with Crippen LogP contribution in [0, 0.1) is 12.8 Å². The lowest BCUT2D eigenvalue weighted by Gasteiger charge is -2.35. The molecular formula is C16H23NO. The van der Waals surface area contributed by atoms with Crippen molar-refractivity contribution in [2.24, 2.45) is 5.92 Å². The Morgan fingerprint density at radius 1 is 1.22 bits per heavy atom. The Balaban J connectivity index is 1.72. The molecular weight excluding hydrogens is 222 g/mol. The fourth-order valence-electron chi connectivity index (χ4n) is 3.69. The van der Waals surface area contributed by atoms with Crippen LogP contribution < -0.4 is 0 Å². The molecule has 1 aliphatic carbocycles. The fraction of sp³-hybridized carbons (Fsp3) is 0.625. The number of likely N-dealkylation sites (tertiary alicyclic amines) is 1. The highest BCUT2D eigenvalue weighted by Gasteiger charge is 2.41. The molecule has 1 aromatic carbocycles. The van der Waals surface area contributed by atoms with E-state index < -0.39 is 0 Å². The second-order valence-electron chi connectivity index (χ2n) is 6.13. The van der Waals surface area contributed by atoms with Gasteiger partial charge in [0.25, 0.3) is 0 Å². The first-order valence-corrected chi connectivity index (χ1v) is 7.15. The molecule has 2 nitrogen and oxygen atoms in total. The van der Waals surface area contributed by atoms with Crippen LogP contribution in [0.3, 0.4) is 0 Å². The molecule has 0 radical (unpaired) electrons. The number of benzene rings is 1. The maximum atomic E-state index is 10.5. The van der Waals surface area contributed by atoms with Crippen LogP contribution in [0.2, 0.25) is 0 Å². The van der Waals surface area contributed by atoms with Crippen LogP contribution in [0.5, 0.6) is 0 Å². The SMILES string of the molecule is Cc1ccc(C(O)C(C)N2CC3CCC2C3)cc1. The average molecular weight is 245 g/mol. The van der Waals surface area contributed by atoms with E-state index in [4.69, 9.17) is 0 Å². The zero-order valence-corrected chi connectivity index (χ0v) is 11.3. The number of fused-ring (bicyclic) bond motifs is 2. The Labute approximate surface area is 110 Å². The second-order valence-corrected chi connectivity index (χ2v) is 6.13. The lowest BCUT2D eigenvalue weighted by molar-refractivity contribution is 0.0400. The van der Waals surface area contributed by atoms with Crippen molar-refractivity contribution < 1.29 is 5.11 Å². The summed E-state index contributed by atoms with van der Waals surface area (Å²) in [5.74, 6) is 0.891. The van der Waals surface area contributed by atoms with Gasteiger partial charge in [-0.15, -0.1) is 0 Å². The van der Waals surface area contributed by atoms with E-state index in [1.165, 1.54) is 31.4 Å². The molecule has 2 heteroatoms. The predicted octanol–water partition coefficient (Wildman–Crippen LogP) is 2.90. The molecule has 1 heterocycles. The third-order valence-electron chi connectivity index (χ3n) is 4.85. The van der Waals surface area contributed by atoms with E-state index in [0.717, 1.165) is 17.5 Å². The quantitative estimate of drug-likeness (QED) is 0.885. The summed E-state index contributed by atoms with van der Waals surface area (Å²) in [4.78, 5) is 2.53. The Kier molecular flexibility index (Phi) is 3.16. The highest BCUT2D eigenvalue weighted by atomic mass is 16.3. The predicted molar refractivity (Wildman–Crippen MR) is 73.4 cm³/mol. The number of aryl methyl sites for hydroxylation is 1. The van der Waals surface area contributed by atoms with E-state index >= 15 is 0 Å². The lowest BCUT2D eigenvalue weighted by Crippen LogP contribution is -2.42. The third kappa shape index (κ3) is 2.08. The number of rotatable bonds is 3. The molecule has 3 rings (SSSR count). The van der Waals surface area contributed by atoms with Gasteiger partial charge in [0.05, 0.1) is 6.10 Å². The van der Waals surface area contributed by atoms with Gasteiger partial charge in [-0.3, -0.25) is 4.90 Å². The Morgan fingerprint density at radius 2 is 1.94 bits per heavy atom. The topological polar surface area (TPSA) is 23.5 Å². The average Bonchev–Trinajstić information content (AvgIpc) is 3.00. The molecule has 0 aromatic heterocycles. The van der Waals surface area contributed by atoms with Crippen molar-refractivity contribution in [1.29, 1.82) is 0 Å². The van der Waals surface area contributed by atoms with E-state index in [-0.39, 0.29) is 12.1 Å². The van der Waals surface area contributed by atoms with Gasteiger partial charge in [0.15, 0.2) is 0 Å². The van der Waals surface area contributed by atoms with Crippen LogP contribution in [0.4, 0.5) is 0 Å². The summed E-state index contributed by atoms with van der Waals surface area (Å²) < 4.78 is 0. The normalized spacial score (nSPS) is 30.6. The Morgan fingerprint density at radius 3 is 2.50 bits per heavy atom. The molecule has 1 saturated heterocycles. The molecule has 1 aliphatic heterocycles. The first-order valence-electron chi connectivity index (χ1n) is 7.15.